The van der Waals surface area contributed by atoms with Crippen LogP contribution in [0.15, 0.2) is 24.3 Å². The number of hydrogen-bond donors (Lipinski definition) is 1. The molecule has 0 fully saturated rings. The minimum Gasteiger partial charge on any atom is -0.370 e. The molecule has 15 heavy (non-hydrogen) atoms. The van der Waals surface area contributed by atoms with Crippen LogP contribution in [0.25, 0.3) is 0 Å². The van der Waals surface area contributed by atoms with Crippen molar-refractivity contribution in [1.82, 2.24) is 0 Å². The van der Waals surface area contributed by atoms with Crippen LogP contribution in [0.3, 0.4) is 0 Å². The molecule has 0 spiro atoms. The van der Waals surface area contributed by atoms with Gasteiger partial charge in [-0.15, -0.1) is 0 Å². The van der Waals surface area contributed by atoms with E-state index >= 15 is 0 Å². The lowest BCUT2D eigenvalue weighted by molar-refractivity contribution is 0.568. The SMILES string of the molecule is Cc1ccc(NC(C#N)CC(C)C)cc1. The zero-order valence-electron chi connectivity index (χ0n) is 9.62. The molecule has 1 unspecified atom stereocenters. The van der Waals surface area contributed by atoms with E-state index in [0.29, 0.717) is 5.92 Å². The van der Waals surface area contributed by atoms with E-state index in [1.807, 2.05) is 24.3 Å². The number of nitriles is 1. The van der Waals surface area contributed by atoms with Crippen molar-refractivity contribution in [2.75, 3.05) is 5.32 Å². The molecule has 2 nitrogen and oxygen atoms in total. The Morgan fingerprint density at radius 3 is 2.33 bits per heavy atom. The summed E-state index contributed by atoms with van der Waals surface area (Å²) in [7, 11) is 0. The third kappa shape index (κ3) is 4.03. The van der Waals surface area contributed by atoms with Crippen LogP contribution < -0.4 is 5.32 Å². The second kappa shape index (κ2) is 5.41. The Balaban J connectivity index is 2.60. The summed E-state index contributed by atoms with van der Waals surface area (Å²) in [6.45, 7) is 6.31. The summed E-state index contributed by atoms with van der Waals surface area (Å²) in [4.78, 5) is 0. The van der Waals surface area contributed by atoms with Gasteiger partial charge in [0.05, 0.1) is 6.07 Å². The van der Waals surface area contributed by atoms with Crippen molar-refractivity contribution < 1.29 is 0 Å². The number of rotatable bonds is 4. The number of benzene rings is 1. The average molecular weight is 202 g/mol. The van der Waals surface area contributed by atoms with E-state index in [1.54, 1.807) is 0 Å². The summed E-state index contributed by atoms with van der Waals surface area (Å²) in [6, 6.07) is 10.3. The van der Waals surface area contributed by atoms with Crippen LogP contribution in [0.1, 0.15) is 25.8 Å². The molecule has 2 heteroatoms. The highest BCUT2D eigenvalue weighted by molar-refractivity contribution is 5.46. The molecule has 1 aromatic rings. The Hall–Kier alpha value is -1.49. The Kier molecular flexibility index (Phi) is 4.17. The molecule has 0 saturated carbocycles. The third-order valence-corrected chi connectivity index (χ3v) is 2.26. The lowest BCUT2D eigenvalue weighted by Crippen LogP contribution is -2.19. The maximum Gasteiger partial charge on any atom is 0.114 e. The lowest BCUT2D eigenvalue weighted by Gasteiger charge is -2.14. The quantitative estimate of drug-likeness (QED) is 0.812. The summed E-state index contributed by atoms with van der Waals surface area (Å²) in [5.74, 6) is 0.535. The molecular formula is C13H18N2. The Morgan fingerprint density at radius 2 is 1.87 bits per heavy atom. The summed E-state index contributed by atoms with van der Waals surface area (Å²) in [5, 5.41) is 12.2. The lowest BCUT2D eigenvalue weighted by atomic mass is 10.0. The molecule has 0 aliphatic carbocycles. The zero-order valence-corrected chi connectivity index (χ0v) is 9.62. The summed E-state index contributed by atoms with van der Waals surface area (Å²) < 4.78 is 0. The van der Waals surface area contributed by atoms with Gasteiger partial charge in [0.1, 0.15) is 6.04 Å². The van der Waals surface area contributed by atoms with E-state index in [1.165, 1.54) is 5.56 Å². The van der Waals surface area contributed by atoms with Gasteiger partial charge in [0.2, 0.25) is 0 Å². The number of hydrogen-bond acceptors (Lipinski definition) is 2. The number of nitrogens with one attached hydrogen (secondary N) is 1. The van der Waals surface area contributed by atoms with Gasteiger partial charge in [-0.1, -0.05) is 31.5 Å². The first-order valence-corrected chi connectivity index (χ1v) is 5.34. The Bertz CT molecular complexity index is 333. The highest BCUT2D eigenvalue weighted by Crippen LogP contribution is 2.13. The fraction of sp³-hybridized carbons (Fsp3) is 0.462. The predicted octanol–water partition coefficient (Wildman–Crippen LogP) is 3.35. The van der Waals surface area contributed by atoms with E-state index < -0.39 is 0 Å². The van der Waals surface area contributed by atoms with Crippen LogP contribution in [-0.2, 0) is 0 Å². The van der Waals surface area contributed by atoms with Gasteiger partial charge in [0.25, 0.3) is 0 Å². The van der Waals surface area contributed by atoms with Gasteiger partial charge in [-0.25, -0.2) is 0 Å². The first-order valence-electron chi connectivity index (χ1n) is 5.34. The molecule has 0 saturated heterocycles. The summed E-state index contributed by atoms with van der Waals surface area (Å²) in [6.07, 6.45) is 0.879. The van der Waals surface area contributed by atoms with Gasteiger partial charge in [-0.05, 0) is 31.4 Å². The van der Waals surface area contributed by atoms with Crippen molar-refractivity contribution in [3.8, 4) is 6.07 Å². The normalized spacial score (nSPS) is 12.2. The first kappa shape index (κ1) is 11.6. The van der Waals surface area contributed by atoms with Crippen LogP contribution in [0.2, 0.25) is 0 Å². The molecule has 0 amide bonds. The minimum atomic E-state index is -0.0901. The Morgan fingerprint density at radius 1 is 1.27 bits per heavy atom. The molecule has 0 aromatic heterocycles. The smallest absolute Gasteiger partial charge is 0.114 e. The van der Waals surface area contributed by atoms with Crippen LogP contribution in [0.4, 0.5) is 5.69 Å². The van der Waals surface area contributed by atoms with E-state index in [0.717, 1.165) is 12.1 Å². The summed E-state index contributed by atoms with van der Waals surface area (Å²) >= 11 is 0. The second-order valence-electron chi connectivity index (χ2n) is 4.32. The average Bonchev–Trinajstić information content (AvgIpc) is 2.19. The van der Waals surface area contributed by atoms with Gasteiger partial charge < -0.3 is 5.32 Å². The van der Waals surface area contributed by atoms with Gasteiger partial charge in [-0.3, -0.25) is 0 Å². The largest absolute Gasteiger partial charge is 0.370 e. The van der Waals surface area contributed by atoms with Crippen LogP contribution >= 0.6 is 0 Å². The molecule has 1 rings (SSSR count). The molecular weight excluding hydrogens is 184 g/mol. The van der Waals surface area contributed by atoms with Crippen molar-refractivity contribution in [2.45, 2.75) is 33.2 Å². The van der Waals surface area contributed by atoms with Crippen molar-refractivity contribution in [3.05, 3.63) is 29.8 Å². The van der Waals surface area contributed by atoms with Crippen LogP contribution in [0, 0.1) is 24.2 Å². The van der Waals surface area contributed by atoms with Crippen molar-refractivity contribution in [2.24, 2.45) is 5.92 Å². The molecule has 1 aromatic carbocycles. The molecule has 1 atom stereocenters. The van der Waals surface area contributed by atoms with E-state index in [9.17, 15) is 0 Å². The van der Waals surface area contributed by atoms with Gasteiger partial charge in [-0.2, -0.15) is 5.26 Å². The third-order valence-electron chi connectivity index (χ3n) is 2.26. The fourth-order valence-electron chi connectivity index (χ4n) is 1.47. The maximum absolute atomic E-state index is 8.98. The van der Waals surface area contributed by atoms with Gasteiger partial charge in [0.15, 0.2) is 0 Å². The molecule has 0 aliphatic rings. The maximum atomic E-state index is 8.98. The monoisotopic (exact) mass is 202 g/mol. The van der Waals surface area contributed by atoms with Gasteiger partial charge >= 0.3 is 0 Å². The highest BCUT2D eigenvalue weighted by atomic mass is 14.9. The molecule has 0 aliphatic heterocycles. The van der Waals surface area contributed by atoms with E-state index in [2.05, 4.69) is 32.2 Å². The minimum absolute atomic E-state index is 0.0901. The number of nitrogens with zero attached hydrogens (tertiary/aromatic N) is 1. The number of aryl methyl sites for hydroxylation is 1. The predicted molar refractivity (Wildman–Crippen MR) is 63.7 cm³/mol. The van der Waals surface area contributed by atoms with Crippen molar-refractivity contribution >= 4 is 5.69 Å². The molecule has 0 bridgehead atoms. The standard InChI is InChI=1S/C13H18N2/c1-10(2)8-13(9-14)15-12-6-4-11(3)5-7-12/h4-7,10,13,15H,8H2,1-3H3. The second-order valence-corrected chi connectivity index (χ2v) is 4.32. The zero-order chi connectivity index (χ0) is 11.3. The molecule has 0 radical (unpaired) electrons. The van der Waals surface area contributed by atoms with Crippen molar-refractivity contribution in [3.63, 3.8) is 0 Å². The first-order chi connectivity index (χ1) is 7.11. The highest BCUT2D eigenvalue weighted by Gasteiger charge is 2.08. The molecule has 1 N–H and O–H groups in total. The van der Waals surface area contributed by atoms with Crippen molar-refractivity contribution in [1.29, 1.82) is 5.26 Å². The fourth-order valence-corrected chi connectivity index (χ4v) is 1.47. The molecule has 0 heterocycles. The number of anilines is 1. The molecule has 80 valence electrons. The van der Waals surface area contributed by atoms with E-state index in [-0.39, 0.29) is 6.04 Å². The Labute approximate surface area is 91.9 Å². The van der Waals surface area contributed by atoms with Gasteiger partial charge in [0, 0.05) is 5.69 Å². The van der Waals surface area contributed by atoms with Crippen LogP contribution in [-0.4, -0.2) is 6.04 Å². The van der Waals surface area contributed by atoms with Crippen LogP contribution in [0.5, 0.6) is 0 Å². The summed E-state index contributed by atoms with van der Waals surface area (Å²) in [5.41, 5.74) is 2.26. The van der Waals surface area contributed by atoms with E-state index in [4.69, 9.17) is 5.26 Å². The topological polar surface area (TPSA) is 35.8 Å².